The zero-order chi connectivity index (χ0) is 17.7. The third kappa shape index (κ3) is 5.06. The Labute approximate surface area is 141 Å². The quantitative estimate of drug-likeness (QED) is 0.762. The van der Waals surface area contributed by atoms with Crippen molar-refractivity contribution in [2.75, 3.05) is 0 Å². The van der Waals surface area contributed by atoms with Crippen LogP contribution in [0, 0.1) is 12.7 Å². The summed E-state index contributed by atoms with van der Waals surface area (Å²) in [5.41, 5.74) is 2.10. The molecule has 0 spiro atoms. The number of halogens is 1. The van der Waals surface area contributed by atoms with Crippen LogP contribution >= 0.6 is 0 Å². The van der Waals surface area contributed by atoms with Crippen molar-refractivity contribution in [3.05, 3.63) is 65.0 Å². The molecule has 2 atom stereocenters. The van der Waals surface area contributed by atoms with Crippen LogP contribution < -0.4 is 5.32 Å². The van der Waals surface area contributed by atoms with E-state index in [9.17, 15) is 19.4 Å². The van der Waals surface area contributed by atoms with Crippen LogP contribution in [0.25, 0.3) is 0 Å². The Kier molecular flexibility index (Phi) is 5.93. The molecule has 1 amide bonds. The number of phenols is 1. The van der Waals surface area contributed by atoms with Crippen LogP contribution in [0.3, 0.4) is 0 Å². The second-order valence-electron chi connectivity index (χ2n) is 6.07. The van der Waals surface area contributed by atoms with Gasteiger partial charge in [-0.25, -0.2) is 4.39 Å². The van der Waals surface area contributed by atoms with E-state index in [0.29, 0.717) is 12.0 Å². The first kappa shape index (κ1) is 17.9. The van der Waals surface area contributed by atoms with Crippen LogP contribution in [-0.4, -0.2) is 22.2 Å². The lowest BCUT2D eigenvalue weighted by Gasteiger charge is -2.18. The molecule has 0 radical (unpaired) electrons. The van der Waals surface area contributed by atoms with Gasteiger partial charge in [-0.2, -0.15) is 0 Å². The lowest BCUT2D eigenvalue weighted by molar-refractivity contribution is -0.121. The van der Waals surface area contributed by atoms with E-state index in [1.54, 1.807) is 32.0 Å². The number of hydrogen-bond donors (Lipinski definition) is 3. The van der Waals surface area contributed by atoms with E-state index in [0.717, 1.165) is 11.1 Å². The Bertz CT molecular complexity index is 700. The zero-order valence-electron chi connectivity index (χ0n) is 13.8. The summed E-state index contributed by atoms with van der Waals surface area (Å²) in [5, 5.41) is 22.6. The van der Waals surface area contributed by atoms with Crippen molar-refractivity contribution in [1.82, 2.24) is 5.32 Å². The Balaban J connectivity index is 1.86. The third-order valence-corrected chi connectivity index (χ3v) is 3.88. The molecule has 4 nitrogen and oxygen atoms in total. The van der Waals surface area contributed by atoms with Crippen molar-refractivity contribution in [1.29, 1.82) is 0 Å². The summed E-state index contributed by atoms with van der Waals surface area (Å²) in [4.78, 5) is 12.1. The second-order valence-corrected chi connectivity index (χ2v) is 6.07. The molecule has 0 aliphatic carbocycles. The number of nitrogens with one attached hydrogen (secondary N) is 1. The van der Waals surface area contributed by atoms with Gasteiger partial charge in [0.05, 0.1) is 12.5 Å². The largest absolute Gasteiger partial charge is 0.508 e. The van der Waals surface area contributed by atoms with Gasteiger partial charge < -0.3 is 15.5 Å². The van der Waals surface area contributed by atoms with E-state index in [1.807, 2.05) is 0 Å². The molecule has 0 saturated heterocycles. The summed E-state index contributed by atoms with van der Waals surface area (Å²) in [6.07, 6.45) is -0.286. The van der Waals surface area contributed by atoms with Crippen molar-refractivity contribution < 1.29 is 19.4 Å². The molecule has 0 aliphatic heterocycles. The monoisotopic (exact) mass is 331 g/mol. The zero-order valence-corrected chi connectivity index (χ0v) is 13.8. The van der Waals surface area contributed by atoms with Gasteiger partial charge in [-0.3, -0.25) is 4.79 Å². The maximum absolute atomic E-state index is 12.9. The Hall–Kier alpha value is -2.40. The van der Waals surface area contributed by atoms with Gasteiger partial charge in [-0.1, -0.05) is 24.3 Å². The standard InChI is InChI=1S/C19H22FNO3/c1-12-3-4-14(10-17(12)22)11-19(24)21-13(2)9-18(23)15-5-7-16(20)8-6-15/h3-8,10,13,18,22-23H,9,11H2,1-2H3,(H,21,24). The summed E-state index contributed by atoms with van der Waals surface area (Å²) < 4.78 is 12.9. The van der Waals surface area contributed by atoms with Crippen LogP contribution in [0.4, 0.5) is 4.39 Å². The Morgan fingerprint density at radius 1 is 1.21 bits per heavy atom. The molecule has 0 bridgehead atoms. The highest BCUT2D eigenvalue weighted by molar-refractivity contribution is 5.79. The minimum Gasteiger partial charge on any atom is -0.508 e. The maximum Gasteiger partial charge on any atom is 0.224 e. The molecule has 0 aromatic heterocycles. The first-order valence-corrected chi connectivity index (χ1v) is 7.86. The number of aliphatic hydroxyl groups excluding tert-OH is 1. The van der Waals surface area contributed by atoms with Crippen LogP contribution in [0.15, 0.2) is 42.5 Å². The number of aromatic hydroxyl groups is 1. The minimum absolute atomic E-state index is 0.158. The Morgan fingerprint density at radius 2 is 1.88 bits per heavy atom. The summed E-state index contributed by atoms with van der Waals surface area (Å²) in [7, 11) is 0. The molecule has 0 heterocycles. The Morgan fingerprint density at radius 3 is 2.50 bits per heavy atom. The van der Waals surface area contributed by atoms with Gasteiger partial charge in [-0.15, -0.1) is 0 Å². The average Bonchev–Trinajstić information content (AvgIpc) is 2.51. The maximum atomic E-state index is 12.9. The first-order valence-electron chi connectivity index (χ1n) is 7.86. The molecular weight excluding hydrogens is 309 g/mol. The van der Waals surface area contributed by atoms with Gasteiger partial charge in [0.1, 0.15) is 11.6 Å². The number of phenolic OH excluding ortho intramolecular Hbond substituents is 1. The lowest BCUT2D eigenvalue weighted by Crippen LogP contribution is -2.34. The topological polar surface area (TPSA) is 69.6 Å². The fourth-order valence-electron chi connectivity index (χ4n) is 2.49. The molecule has 24 heavy (non-hydrogen) atoms. The SMILES string of the molecule is Cc1ccc(CC(=O)NC(C)CC(O)c2ccc(F)cc2)cc1O. The first-order chi connectivity index (χ1) is 11.3. The number of amides is 1. The van der Waals surface area contributed by atoms with Crippen LogP contribution in [-0.2, 0) is 11.2 Å². The molecule has 2 aromatic carbocycles. The van der Waals surface area contributed by atoms with Gasteiger partial charge in [0.25, 0.3) is 0 Å². The number of carbonyl (C=O) groups is 1. The number of benzene rings is 2. The fourth-order valence-corrected chi connectivity index (χ4v) is 2.49. The van der Waals surface area contributed by atoms with E-state index >= 15 is 0 Å². The van der Waals surface area contributed by atoms with Crippen molar-refractivity contribution >= 4 is 5.91 Å². The highest BCUT2D eigenvalue weighted by atomic mass is 19.1. The van der Waals surface area contributed by atoms with Gasteiger partial charge >= 0.3 is 0 Å². The molecule has 2 aromatic rings. The van der Waals surface area contributed by atoms with E-state index < -0.39 is 6.10 Å². The van der Waals surface area contributed by atoms with Crippen molar-refractivity contribution in [2.45, 2.75) is 38.8 Å². The minimum atomic E-state index is -0.774. The van der Waals surface area contributed by atoms with Gasteiger partial charge in [-0.05, 0) is 55.2 Å². The summed E-state index contributed by atoms with van der Waals surface area (Å²) in [6, 6.07) is 10.6. The molecule has 0 aliphatic rings. The lowest BCUT2D eigenvalue weighted by atomic mass is 10.0. The molecule has 0 fully saturated rings. The molecule has 2 unspecified atom stereocenters. The fraction of sp³-hybridized carbons (Fsp3) is 0.316. The molecular formula is C19H22FNO3. The van der Waals surface area contributed by atoms with E-state index in [1.165, 1.54) is 24.3 Å². The number of hydrogen-bond acceptors (Lipinski definition) is 3. The van der Waals surface area contributed by atoms with Crippen LogP contribution in [0.1, 0.15) is 36.1 Å². The van der Waals surface area contributed by atoms with Crippen molar-refractivity contribution in [3.8, 4) is 5.75 Å². The second kappa shape index (κ2) is 7.93. The average molecular weight is 331 g/mol. The van der Waals surface area contributed by atoms with E-state index in [4.69, 9.17) is 0 Å². The number of aliphatic hydroxyl groups is 1. The summed E-state index contributed by atoms with van der Waals surface area (Å²) in [5.74, 6) is -0.370. The van der Waals surface area contributed by atoms with Gasteiger partial charge in [0.15, 0.2) is 0 Å². The highest BCUT2D eigenvalue weighted by Gasteiger charge is 2.15. The predicted molar refractivity (Wildman–Crippen MR) is 90.1 cm³/mol. The number of aryl methyl sites for hydroxylation is 1. The predicted octanol–water partition coefficient (Wildman–Crippen LogP) is 3.01. The molecule has 0 saturated carbocycles. The van der Waals surface area contributed by atoms with Crippen LogP contribution in [0.2, 0.25) is 0 Å². The smallest absolute Gasteiger partial charge is 0.224 e. The highest BCUT2D eigenvalue weighted by Crippen LogP contribution is 2.19. The summed E-state index contributed by atoms with van der Waals surface area (Å²) >= 11 is 0. The summed E-state index contributed by atoms with van der Waals surface area (Å²) in [6.45, 7) is 3.59. The van der Waals surface area contributed by atoms with E-state index in [-0.39, 0.29) is 29.9 Å². The van der Waals surface area contributed by atoms with Crippen molar-refractivity contribution in [2.24, 2.45) is 0 Å². The third-order valence-electron chi connectivity index (χ3n) is 3.88. The van der Waals surface area contributed by atoms with Gasteiger partial charge in [0.2, 0.25) is 5.91 Å². The van der Waals surface area contributed by atoms with E-state index in [2.05, 4.69) is 5.32 Å². The number of carbonyl (C=O) groups excluding carboxylic acids is 1. The van der Waals surface area contributed by atoms with Gasteiger partial charge in [0, 0.05) is 6.04 Å². The van der Waals surface area contributed by atoms with Crippen LogP contribution in [0.5, 0.6) is 5.75 Å². The normalized spacial score (nSPS) is 13.3. The molecule has 3 N–H and O–H groups in total. The molecule has 5 heteroatoms. The van der Waals surface area contributed by atoms with Crippen molar-refractivity contribution in [3.63, 3.8) is 0 Å². The number of rotatable bonds is 6. The molecule has 2 rings (SSSR count). The molecule has 128 valence electrons.